The van der Waals surface area contributed by atoms with Crippen LogP contribution in [0, 0.1) is 0 Å². The highest BCUT2D eigenvalue weighted by atomic mass is 16.5. The maximum Gasteiger partial charge on any atom is 0.342 e. The first kappa shape index (κ1) is 20.8. The lowest BCUT2D eigenvalue weighted by Crippen LogP contribution is -2.22. The van der Waals surface area contributed by atoms with Crippen molar-refractivity contribution in [1.29, 1.82) is 0 Å². The van der Waals surface area contributed by atoms with E-state index in [9.17, 15) is 14.4 Å². The van der Waals surface area contributed by atoms with Crippen LogP contribution in [0.1, 0.15) is 27.6 Å². The van der Waals surface area contributed by atoms with E-state index >= 15 is 0 Å². The molecule has 2 rings (SSSR count). The van der Waals surface area contributed by atoms with Crippen molar-refractivity contribution in [3.8, 4) is 11.5 Å². The van der Waals surface area contributed by atoms with Gasteiger partial charge in [0.25, 0.3) is 5.91 Å². The fourth-order valence-corrected chi connectivity index (χ4v) is 2.34. The minimum Gasteiger partial charge on any atom is -0.497 e. The van der Waals surface area contributed by atoms with Gasteiger partial charge in [-0.2, -0.15) is 0 Å². The summed E-state index contributed by atoms with van der Waals surface area (Å²) in [4.78, 5) is 36.3. The predicted octanol–water partition coefficient (Wildman–Crippen LogP) is 2.68. The van der Waals surface area contributed by atoms with Crippen LogP contribution < -0.4 is 14.8 Å². The zero-order chi connectivity index (χ0) is 20.5. The molecule has 0 heterocycles. The summed E-state index contributed by atoms with van der Waals surface area (Å²) in [6, 6.07) is 11.0. The summed E-state index contributed by atoms with van der Waals surface area (Å²) < 4.78 is 20.2. The van der Waals surface area contributed by atoms with E-state index in [1.807, 2.05) is 0 Å². The Kier molecular flexibility index (Phi) is 7.38. The van der Waals surface area contributed by atoms with Crippen molar-refractivity contribution >= 4 is 23.5 Å². The van der Waals surface area contributed by atoms with Crippen LogP contribution in [0.5, 0.6) is 11.5 Å². The molecular formula is C20H21NO7. The first-order valence-electron chi connectivity index (χ1n) is 8.45. The highest BCUT2D eigenvalue weighted by Crippen LogP contribution is 2.25. The molecule has 28 heavy (non-hydrogen) atoms. The minimum atomic E-state index is -0.728. The molecule has 0 fully saturated rings. The highest BCUT2D eigenvalue weighted by molar-refractivity contribution is 6.02. The first-order valence-corrected chi connectivity index (χ1v) is 8.45. The lowest BCUT2D eigenvalue weighted by molar-refractivity contribution is -0.119. The Labute approximate surface area is 162 Å². The van der Waals surface area contributed by atoms with E-state index in [0.717, 1.165) is 0 Å². The number of hydrogen-bond acceptors (Lipinski definition) is 7. The Hall–Kier alpha value is -3.55. The number of para-hydroxylation sites is 1. The van der Waals surface area contributed by atoms with Gasteiger partial charge in [0.2, 0.25) is 0 Å². The number of ether oxygens (including phenoxy) is 4. The molecule has 0 aromatic heterocycles. The number of rotatable bonds is 8. The number of esters is 2. The van der Waals surface area contributed by atoms with Crippen molar-refractivity contribution < 1.29 is 33.3 Å². The second-order valence-electron chi connectivity index (χ2n) is 5.46. The number of hydrogen-bond donors (Lipinski definition) is 1. The number of anilines is 1. The lowest BCUT2D eigenvalue weighted by atomic mass is 10.2. The van der Waals surface area contributed by atoms with Crippen molar-refractivity contribution in [2.75, 3.05) is 32.8 Å². The number of nitrogens with one attached hydrogen (secondary N) is 1. The molecule has 0 atom stereocenters. The van der Waals surface area contributed by atoms with Crippen molar-refractivity contribution in [1.82, 2.24) is 0 Å². The number of carbonyl (C=O) groups is 3. The van der Waals surface area contributed by atoms with Crippen LogP contribution in [0.2, 0.25) is 0 Å². The van der Waals surface area contributed by atoms with Gasteiger partial charge in [-0.3, -0.25) is 4.79 Å². The van der Waals surface area contributed by atoms with E-state index in [4.69, 9.17) is 18.9 Å². The van der Waals surface area contributed by atoms with Gasteiger partial charge in [0.1, 0.15) is 17.1 Å². The molecule has 0 aliphatic rings. The number of methoxy groups -OCH3 is 2. The van der Waals surface area contributed by atoms with E-state index in [1.54, 1.807) is 31.2 Å². The second kappa shape index (κ2) is 9.96. The fourth-order valence-electron chi connectivity index (χ4n) is 2.34. The quantitative estimate of drug-likeness (QED) is 0.695. The third-order valence-corrected chi connectivity index (χ3v) is 3.66. The van der Waals surface area contributed by atoms with Crippen molar-refractivity contribution in [3.05, 3.63) is 53.6 Å². The van der Waals surface area contributed by atoms with Gasteiger partial charge < -0.3 is 24.3 Å². The summed E-state index contributed by atoms with van der Waals surface area (Å²) in [6.07, 6.45) is 0. The molecular weight excluding hydrogens is 366 g/mol. The van der Waals surface area contributed by atoms with Gasteiger partial charge in [-0.05, 0) is 31.2 Å². The fraction of sp³-hybridized carbons (Fsp3) is 0.250. The van der Waals surface area contributed by atoms with Gasteiger partial charge in [-0.15, -0.1) is 0 Å². The van der Waals surface area contributed by atoms with Gasteiger partial charge in [0, 0.05) is 6.07 Å². The standard InChI is InChI=1S/C20H21NO7/c1-4-27-19(23)14-7-5-6-8-16(14)21-18(22)12-28-20(24)15-10-9-13(25-2)11-17(15)26-3/h5-11H,4,12H2,1-3H3,(H,21,22). The molecule has 148 valence electrons. The van der Waals surface area contributed by atoms with Gasteiger partial charge in [0.15, 0.2) is 6.61 Å². The predicted molar refractivity (Wildman–Crippen MR) is 101 cm³/mol. The molecule has 0 spiro atoms. The monoisotopic (exact) mass is 387 g/mol. The summed E-state index contributed by atoms with van der Waals surface area (Å²) >= 11 is 0. The minimum absolute atomic E-state index is 0.156. The maximum atomic E-state index is 12.2. The van der Waals surface area contributed by atoms with E-state index in [2.05, 4.69) is 5.32 Å². The summed E-state index contributed by atoms with van der Waals surface area (Å²) in [5, 5.41) is 2.54. The largest absolute Gasteiger partial charge is 0.497 e. The molecule has 0 radical (unpaired) electrons. The molecule has 0 saturated carbocycles. The van der Waals surface area contributed by atoms with Crippen LogP contribution in [-0.4, -0.2) is 45.3 Å². The molecule has 0 bridgehead atoms. The van der Waals surface area contributed by atoms with E-state index < -0.39 is 24.5 Å². The molecule has 0 unspecified atom stereocenters. The van der Waals surface area contributed by atoms with Crippen LogP contribution in [0.25, 0.3) is 0 Å². The molecule has 0 saturated heterocycles. The molecule has 8 heteroatoms. The zero-order valence-corrected chi connectivity index (χ0v) is 15.8. The molecule has 0 aliphatic carbocycles. The maximum absolute atomic E-state index is 12.2. The Bertz CT molecular complexity index is 863. The molecule has 2 aromatic carbocycles. The lowest BCUT2D eigenvalue weighted by Gasteiger charge is -2.12. The second-order valence-corrected chi connectivity index (χ2v) is 5.46. The summed E-state index contributed by atoms with van der Waals surface area (Å²) in [7, 11) is 2.90. The number of amides is 1. The summed E-state index contributed by atoms with van der Waals surface area (Å²) in [5.41, 5.74) is 0.632. The van der Waals surface area contributed by atoms with Gasteiger partial charge >= 0.3 is 11.9 Å². The van der Waals surface area contributed by atoms with E-state index in [1.165, 1.54) is 32.4 Å². The normalized spacial score (nSPS) is 9.96. The summed E-state index contributed by atoms with van der Waals surface area (Å²) in [5.74, 6) is -1.11. The van der Waals surface area contributed by atoms with Crippen LogP contribution in [0.15, 0.2) is 42.5 Å². The molecule has 1 N–H and O–H groups in total. The average Bonchev–Trinajstić information content (AvgIpc) is 2.72. The van der Waals surface area contributed by atoms with Crippen molar-refractivity contribution in [2.24, 2.45) is 0 Å². The van der Waals surface area contributed by atoms with Gasteiger partial charge in [-0.1, -0.05) is 12.1 Å². The van der Waals surface area contributed by atoms with Crippen LogP contribution in [0.4, 0.5) is 5.69 Å². The van der Waals surface area contributed by atoms with Crippen LogP contribution >= 0.6 is 0 Å². The third-order valence-electron chi connectivity index (χ3n) is 3.66. The van der Waals surface area contributed by atoms with Gasteiger partial charge in [-0.25, -0.2) is 9.59 Å². The van der Waals surface area contributed by atoms with Crippen molar-refractivity contribution in [2.45, 2.75) is 6.92 Å². The smallest absolute Gasteiger partial charge is 0.342 e. The van der Waals surface area contributed by atoms with Crippen LogP contribution in [0.3, 0.4) is 0 Å². The Morgan fingerprint density at radius 2 is 1.61 bits per heavy atom. The van der Waals surface area contributed by atoms with Crippen LogP contribution in [-0.2, 0) is 14.3 Å². The average molecular weight is 387 g/mol. The Morgan fingerprint density at radius 1 is 0.893 bits per heavy atom. The first-order chi connectivity index (χ1) is 13.5. The molecule has 8 nitrogen and oxygen atoms in total. The zero-order valence-electron chi connectivity index (χ0n) is 15.8. The third kappa shape index (κ3) is 5.23. The highest BCUT2D eigenvalue weighted by Gasteiger charge is 2.18. The topological polar surface area (TPSA) is 100 Å². The molecule has 1 amide bonds. The number of carbonyl (C=O) groups excluding carboxylic acids is 3. The number of benzene rings is 2. The molecule has 0 aliphatic heterocycles. The summed E-state index contributed by atoms with van der Waals surface area (Å²) in [6.45, 7) is 1.36. The van der Waals surface area contributed by atoms with E-state index in [0.29, 0.717) is 5.75 Å². The Balaban J connectivity index is 2.02. The Morgan fingerprint density at radius 3 is 2.29 bits per heavy atom. The molecule has 2 aromatic rings. The van der Waals surface area contributed by atoms with Crippen molar-refractivity contribution in [3.63, 3.8) is 0 Å². The SMILES string of the molecule is CCOC(=O)c1ccccc1NC(=O)COC(=O)c1ccc(OC)cc1OC. The van der Waals surface area contributed by atoms with E-state index in [-0.39, 0.29) is 29.2 Å². The van der Waals surface area contributed by atoms with Gasteiger partial charge in [0.05, 0.1) is 32.1 Å².